The summed E-state index contributed by atoms with van der Waals surface area (Å²) in [6, 6.07) is 0. The SMILES string of the molecule is CN1CCCC1.CN1CCCC1.Cl.Cl. The average molecular weight is 243 g/mol. The first-order chi connectivity index (χ1) is 5.79. The van der Waals surface area contributed by atoms with Gasteiger partial charge >= 0.3 is 0 Å². The van der Waals surface area contributed by atoms with Gasteiger partial charge in [0.1, 0.15) is 0 Å². The average Bonchev–Trinajstić information content (AvgIpc) is 2.63. The van der Waals surface area contributed by atoms with Gasteiger partial charge in [-0.2, -0.15) is 0 Å². The first kappa shape index (κ1) is 16.9. The lowest BCUT2D eigenvalue weighted by molar-refractivity contribution is 0.418. The van der Waals surface area contributed by atoms with Gasteiger partial charge in [-0.15, -0.1) is 24.8 Å². The van der Waals surface area contributed by atoms with E-state index in [-0.39, 0.29) is 24.8 Å². The molecule has 2 nitrogen and oxygen atoms in total. The minimum absolute atomic E-state index is 0. The summed E-state index contributed by atoms with van der Waals surface area (Å²) in [7, 11) is 4.35. The predicted molar refractivity (Wildman–Crippen MR) is 68.0 cm³/mol. The van der Waals surface area contributed by atoms with E-state index in [0.29, 0.717) is 0 Å². The zero-order valence-corrected chi connectivity index (χ0v) is 11.0. The van der Waals surface area contributed by atoms with Crippen molar-refractivity contribution in [1.29, 1.82) is 0 Å². The molecule has 14 heavy (non-hydrogen) atoms. The molecule has 0 atom stereocenters. The summed E-state index contributed by atoms with van der Waals surface area (Å²) in [6.45, 7) is 5.28. The Labute approximate surface area is 101 Å². The maximum atomic E-state index is 2.36. The van der Waals surface area contributed by atoms with Crippen LogP contribution in [-0.2, 0) is 0 Å². The predicted octanol–water partition coefficient (Wildman–Crippen LogP) is 2.27. The quantitative estimate of drug-likeness (QED) is 0.644. The van der Waals surface area contributed by atoms with Crippen LogP contribution in [0.4, 0.5) is 0 Å². The third-order valence-electron chi connectivity index (χ3n) is 2.66. The third-order valence-corrected chi connectivity index (χ3v) is 2.66. The van der Waals surface area contributed by atoms with Gasteiger partial charge in [0.15, 0.2) is 0 Å². The highest BCUT2D eigenvalue weighted by atomic mass is 35.5. The summed E-state index contributed by atoms with van der Waals surface area (Å²) in [5.74, 6) is 0. The van der Waals surface area contributed by atoms with Crippen molar-refractivity contribution in [2.75, 3.05) is 40.3 Å². The van der Waals surface area contributed by atoms with Crippen LogP contribution in [0.15, 0.2) is 0 Å². The van der Waals surface area contributed by atoms with Crippen molar-refractivity contribution in [3.63, 3.8) is 0 Å². The molecule has 2 fully saturated rings. The first-order valence-electron chi connectivity index (χ1n) is 5.16. The highest BCUT2D eigenvalue weighted by molar-refractivity contribution is 5.85. The molecule has 0 aliphatic carbocycles. The van der Waals surface area contributed by atoms with E-state index in [4.69, 9.17) is 0 Å². The molecule has 88 valence electrons. The third kappa shape index (κ3) is 7.86. The fraction of sp³-hybridized carbons (Fsp3) is 1.00. The van der Waals surface area contributed by atoms with Crippen LogP contribution in [0.2, 0.25) is 0 Å². The summed E-state index contributed by atoms with van der Waals surface area (Å²) in [5, 5.41) is 0. The maximum Gasteiger partial charge on any atom is -0.00213 e. The van der Waals surface area contributed by atoms with Gasteiger partial charge in [-0.3, -0.25) is 0 Å². The molecule has 2 aliphatic heterocycles. The number of nitrogens with zero attached hydrogens (tertiary/aromatic N) is 2. The molecule has 4 heteroatoms. The molecule has 0 aromatic heterocycles. The molecule has 0 spiro atoms. The van der Waals surface area contributed by atoms with E-state index in [9.17, 15) is 0 Å². The van der Waals surface area contributed by atoms with Gasteiger partial charge in [-0.25, -0.2) is 0 Å². The van der Waals surface area contributed by atoms with Gasteiger partial charge < -0.3 is 9.80 Å². The molecule has 0 bridgehead atoms. The van der Waals surface area contributed by atoms with Crippen LogP contribution >= 0.6 is 24.8 Å². The van der Waals surface area contributed by atoms with E-state index in [2.05, 4.69) is 23.9 Å². The molecule has 0 aromatic carbocycles. The molecule has 0 N–H and O–H groups in total. The van der Waals surface area contributed by atoms with E-state index >= 15 is 0 Å². The maximum absolute atomic E-state index is 2.36. The number of hydrogen-bond donors (Lipinski definition) is 0. The molecular weight excluding hydrogens is 219 g/mol. The van der Waals surface area contributed by atoms with Crippen molar-refractivity contribution in [3.8, 4) is 0 Å². The van der Waals surface area contributed by atoms with Crippen molar-refractivity contribution in [2.24, 2.45) is 0 Å². The molecule has 0 saturated carbocycles. The van der Waals surface area contributed by atoms with Crippen LogP contribution in [0.25, 0.3) is 0 Å². The van der Waals surface area contributed by atoms with Crippen LogP contribution in [0, 0.1) is 0 Å². The van der Waals surface area contributed by atoms with Crippen LogP contribution < -0.4 is 0 Å². The Balaban J connectivity index is 0. The van der Waals surface area contributed by atoms with Crippen molar-refractivity contribution in [1.82, 2.24) is 9.80 Å². The summed E-state index contributed by atoms with van der Waals surface area (Å²) >= 11 is 0. The van der Waals surface area contributed by atoms with Crippen LogP contribution in [0.3, 0.4) is 0 Å². The summed E-state index contributed by atoms with van der Waals surface area (Å²) in [6.07, 6.45) is 5.65. The second kappa shape index (κ2) is 10.0. The Kier molecular flexibility index (Phi) is 12.1. The van der Waals surface area contributed by atoms with E-state index in [1.54, 1.807) is 0 Å². The number of hydrogen-bond acceptors (Lipinski definition) is 2. The second-order valence-electron chi connectivity index (χ2n) is 4.02. The van der Waals surface area contributed by atoms with E-state index < -0.39 is 0 Å². The van der Waals surface area contributed by atoms with Crippen molar-refractivity contribution in [2.45, 2.75) is 25.7 Å². The topological polar surface area (TPSA) is 6.48 Å². The van der Waals surface area contributed by atoms with Crippen molar-refractivity contribution in [3.05, 3.63) is 0 Å². The Hall–Kier alpha value is 0.500. The molecule has 0 unspecified atom stereocenters. The number of halogens is 2. The van der Waals surface area contributed by atoms with Gasteiger partial charge in [0, 0.05) is 0 Å². The standard InChI is InChI=1S/2C5H11N.2ClH/c2*1-6-4-2-3-5-6;;/h2*2-5H2,1H3;2*1H. The Morgan fingerprint density at radius 1 is 0.571 bits per heavy atom. The Bertz CT molecular complexity index is 96.7. The zero-order valence-electron chi connectivity index (χ0n) is 9.37. The van der Waals surface area contributed by atoms with Gasteiger partial charge in [-0.05, 0) is 66.0 Å². The van der Waals surface area contributed by atoms with E-state index in [1.807, 2.05) is 0 Å². The van der Waals surface area contributed by atoms with E-state index in [1.165, 1.54) is 51.9 Å². The summed E-state index contributed by atoms with van der Waals surface area (Å²) < 4.78 is 0. The Morgan fingerprint density at radius 2 is 0.786 bits per heavy atom. The molecular formula is C10H24Cl2N2. The fourth-order valence-electron chi connectivity index (χ4n) is 1.75. The zero-order chi connectivity index (χ0) is 8.81. The minimum Gasteiger partial charge on any atom is -0.306 e. The molecule has 0 aromatic rings. The normalized spacial score (nSPS) is 21.9. The van der Waals surface area contributed by atoms with Crippen molar-refractivity contribution >= 4 is 24.8 Å². The van der Waals surface area contributed by atoms with Gasteiger partial charge in [0.05, 0.1) is 0 Å². The molecule has 2 rings (SSSR count). The second-order valence-corrected chi connectivity index (χ2v) is 4.02. The molecule has 2 saturated heterocycles. The van der Waals surface area contributed by atoms with Gasteiger partial charge in [0.2, 0.25) is 0 Å². The molecule has 2 aliphatic rings. The van der Waals surface area contributed by atoms with Crippen LogP contribution in [0.1, 0.15) is 25.7 Å². The lowest BCUT2D eigenvalue weighted by Gasteiger charge is -2.01. The van der Waals surface area contributed by atoms with E-state index in [0.717, 1.165) is 0 Å². The first-order valence-corrected chi connectivity index (χ1v) is 5.16. The van der Waals surface area contributed by atoms with Crippen molar-refractivity contribution < 1.29 is 0 Å². The highest BCUT2D eigenvalue weighted by Crippen LogP contribution is 2.02. The van der Waals surface area contributed by atoms with Gasteiger partial charge in [-0.1, -0.05) is 0 Å². The molecule has 0 radical (unpaired) electrons. The van der Waals surface area contributed by atoms with Crippen LogP contribution in [-0.4, -0.2) is 50.1 Å². The largest absolute Gasteiger partial charge is 0.306 e. The highest BCUT2D eigenvalue weighted by Gasteiger charge is 2.03. The molecule has 0 amide bonds. The Morgan fingerprint density at radius 3 is 0.857 bits per heavy atom. The fourth-order valence-corrected chi connectivity index (χ4v) is 1.75. The minimum atomic E-state index is 0. The summed E-state index contributed by atoms with van der Waals surface area (Å²) in [4.78, 5) is 4.72. The monoisotopic (exact) mass is 242 g/mol. The van der Waals surface area contributed by atoms with Crippen LogP contribution in [0.5, 0.6) is 0 Å². The lowest BCUT2D eigenvalue weighted by Crippen LogP contribution is -2.10. The number of likely N-dealkylation sites (tertiary alicyclic amines) is 2. The molecule has 2 heterocycles. The van der Waals surface area contributed by atoms with Gasteiger partial charge in [0.25, 0.3) is 0 Å². The lowest BCUT2D eigenvalue weighted by atomic mass is 10.4. The summed E-state index contributed by atoms with van der Waals surface area (Å²) in [5.41, 5.74) is 0. The smallest absolute Gasteiger partial charge is 0.00213 e. The number of rotatable bonds is 0.